The molecule has 0 spiro atoms. The second-order valence-corrected chi connectivity index (χ2v) is 3.67. The van der Waals surface area contributed by atoms with E-state index in [1.54, 1.807) is 32.5 Å². The van der Waals surface area contributed by atoms with E-state index in [-0.39, 0.29) is 0 Å². The van der Waals surface area contributed by atoms with Gasteiger partial charge in [-0.25, -0.2) is 4.98 Å². The Morgan fingerprint density at radius 3 is 2.39 bits per heavy atom. The first-order valence-electron chi connectivity index (χ1n) is 5.57. The maximum atomic E-state index is 5.65. The van der Waals surface area contributed by atoms with Gasteiger partial charge in [0.15, 0.2) is 0 Å². The number of hydrogen-bond acceptors (Lipinski definition) is 4. The number of hydrogen-bond donors (Lipinski definition) is 0. The molecular weight excluding hydrogens is 230 g/mol. The third kappa shape index (κ3) is 3.13. The predicted octanol–water partition coefficient (Wildman–Crippen LogP) is 2.68. The van der Waals surface area contributed by atoms with E-state index in [4.69, 9.17) is 14.2 Å². The van der Waals surface area contributed by atoms with E-state index in [1.807, 2.05) is 24.3 Å². The van der Waals surface area contributed by atoms with Gasteiger partial charge < -0.3 is 14.2 Å². The van der Waals surface area contributed by atoms with Gasteiger partial charge in [0, 0.05) is 12.3 Å². The summed E-state index contributed by atoms with van der Waals surface area (Å²) in [4.78, 5) is 4.02. The molecule has 1 aromatic heterocycles. The second kappa shape index (κ2) is 5.91. The highest BCUT2D eigenvalue weighted by molar-refractivity contribution is 5.29. The third-order valence-electron chi connectivity index (χ3n) is 2.48. The molecule has 0 radical (unpaired) electrons. The molecule has 0 aliphatic rings. The highest BCUT2D eigenvalue weighted by Crippen LogP contribution is 2.18. The molecule has 2 aromatic rings. The summed E-state index contributed by atoms with van der Waals surface area (Å²) in [5.41, 5.74) is 1.08. The van der Waals surface area contributed by atoms with Gasteiger partial charge in [-0.2, -0.15) is 0 Å². The normalized spacial score (nSPS) is 9.89. The van der Waals surface area contributed by atoms with Gasteiger partial charge in [0.2, 0.25) is 5.88 Å². The molecule has 18 heavy (non-hydrogen) atoms. The molecule has 0 saturated heterocycles. The van der Waals surface area contributed by atoms with Crippen molar-refractivity contribution in [2.45, 2.75) is 6.61 Å². The predicted molar refractivity (Wildman–Crippen MR) is 68.1 cm³/mol. The quantitative estimate of drug-likeness (QED) is 0.812. The fourth-order valence-corrected chi connectivity index (χ4v) is 1.48. The Bertz CT molecular complexity index is 497. The van der Waals surface area contributed by atoms with E-state index in [0.717, 1.165) is 17.1 Å². The molecule has 0 unspecified atom stereocenters. The van der Waals surface area contributed by atoms with E-state index < -0.39 is 0 Å². The van der Waals surface area contributed by atoms with Gasteiger partial charge in [-0.3, -0.25) is 0 Å². The Morgan fingerprint density at radius 1 is 0.944 bits per heavy atom. The minimum Gasteiger partial charge on any atom is -0.497 e. The lowest BCUT2D eigenvalue weighted by Gasteiger charge is -2.07. The lowest BCUT2D eigenvalue weighted by atomic mass is 10.2. The fraction of sp³-hybridized carbons (Fsp3) is 0.214. The van der Waals surface area contributed by atoms with Gasteiger partial charge in [-0.15, -0.1) is 0 Å². The number of methoxy groups -OCH3 is 2. The lowest BCUT2D eigenvalue weighted by molar-refractivity contribution is 0.302. The average Bonchev–Trinajstić information content (AvgIpc) is 2.46. The summed E-state index contributed by atoms with van der Waals surface area (Å²) < 4.78 is 15.8. The van der Waals surface area contributed by atoms with Crippen LogP contribution in [0, 0.1) is 0 Å². The third-order valence-corrected chi connectivity index (χ3v) is 2.48. The van der Waals surface area contributed by atoms with Gasteiger partial charge in [0.05, 0.1) is 14.2 Å². The van der Waals surface area contributed by atoms with Crippen LogP contribution in [0.15, 0.2) is 42.6 Å². The van der Waals surface area contributed by atoms with Crippen LogP contribution in [0.1, 0.15) is 5.56 Å². The van der Waals surface area contributed by atoms with Gasteiger partial charge in [0.25, 0.3) is 0 Å². The molecule has 0 fully saturated rings. The van der Waals surface area contributed by atoms with Crippen molar-refractivity contribution >= 4 is 0 Å². The number of benzene rings is 1. The van der Waals surface area contributed by atoms with Crippen LogP contribution in [-0.4, -0.2) is 19.2 Å². The molecule has 1 aromatic carbocycles. The SMILES string of the molecule is COc1ccc(COc2ccnc(OC)c2)cc1. The van der Waals surface area contributed by atoms with Crippen LogP contribution < -0.4 is 14.2 Å². The fourth-order valence-electron chi connectivity index (χ4n) is 1.48. The van der Waals surface area contributed by atoms with Crippen molar-refractivity contribution < 1.29 is 14.2 Å². The zero-order chi connectivity index (χ0) is 12.8. The Labute approximate surface area is 106 Å². The van der Waals surface area contributed by atoms with Crippen LogP contribution in [0.3, 0.4) is 0 Å². The molecule has 0 bridgehead atoms. The van der Waals surface area contributed by atoms with E-state index in [0.29, 0.717) is 12.5 Å². The Balaban J connectivity index is 1.97. The molecule has 94 valence electrons. The molecule has 4 nitrogen and oxygen atoms in total. The number of nitrogens with zero attached hydrogens (tertiary/aromatic N) is 1. The Morgan fingerprint density at radius 2 is 1.72 bits per heavy atom. The summed E-state index contributed by atoms with van der Waals surface area (Å²) in [6.07, 6.45) is 1.65. The molecule has 2 rings (SSSR count). The molecule has 0 N–H and O–H groups in total. The minimum atomic E-state index is 0.497. The lowest BCUT2D eigenvalue weighted by Crippen LogP contribution is -1.96. The minimum absolute atomic E-state index is 0.497. The van der Waals surface area contributed by atoms with E-state index >= 15 is 0 Å². The van der Waals surface area contributed by atoms with Gasteiger partial charge in [0.1, 0.15) is 18.1 Å². The Kier molecular flexibility index (Phi) is 4.02. The van der Waals surface area contributed by atoms with Crippen LogP contribution in [-0.2, 0) is 6.61 Å². The summed E-state index contributed by atoms with van der Waals surface area (Å²) in [7, 11) is 3.23. The van der Waals surface area contributed by atoms with Crippen molar-refractivity contribution in [1.29, 1.82) is 0 Å². The zero-order valence-corrected chi connectivity index (χ0v) is 10.4. The van der Waals surface area contributed by atoms with Crippen molar-refractivity contribution in [3.63, 3.8) is 0 Å². The zero-order valence-electron chi connectivity index (χ0n) is 10.4. The van der Waals surface area contributed by atoms with Crippen LogP contribution >= 0.6 is 0 Å². The Hall–Kier alpha value is -2.23. The van der Waals surface area contributed by atoms with Crippen molar-refractivity contribution in [2.75, 3.05) is 14.2 Å². The van der Waals surface area contributed by atoms with Crippen molar-refractivity contribution in [3.05, 3.63) is 48.2 Å². The van der Waals surface area contributed by atoms with E-state index in [1.165, 1.54) is 0 Å². The molecule has 1 heterocycles. The molecule has 0 amide bonds. The van der Waals surface area contributed by atoms with E-state index in [9.17, 15) is 0 Å². The van der Waals surface area contributed by atoms with Gasteiger partial charge in [-0.05, 0) is 23.8 Å². The van der Waals surface area contributed by atoms with Gasteiger partial charge in [-0.1, -0.05) is 12.1 Å². The average molecular weight is 245 g/mol. The topological polar surface area (TPSA) is 40.6 Å². The second-order valence-electron chi connectivity index (χ2n) is 3.67. The maximum absolute atomic E-state index is 5.65. The number of rotatable bonds is 5. The molecule has 0 aliphatic heterocycles. The number of ether oxygens (including phenoxy) is 3. The van der Waals surface area contributed by atoms with Crippen molar-refractivity contribution in [2.24, 2.45) is 0 Å². The first-order chi connectivity index (χ1) is 8.81. The summed E-state index contributed by atoms with van der Waals surface area (Å²) in [5, 5.41) is 0. The number of aromatic nitrogens is 1. The summed E-state index contributed by atoms with van der Waals surface area (Å²) >= 11 is 0. The monoisotopic (exact) mass is 245 g/mol. The van der Waals surface area contributed by atoms with Crippen molar-refractivity contribution in [1.82, 2.24) is 4.98 Å². The summed E-state index contributed by atoms with van der Waals surface area (Å²) in [6, 6.07) is 11.3. The van der Waals surface area contributed by atoms with Crippen molar-refractivity contribution in [3.8, 4) is 17.4 Å². The highest BCUT2D eigenvalue weighted by atomic mass is 16.5. The first-order valence-corrected chi connectivity index (χ1v) is 5.57. The molecule has 0 aliphatic carbocycles. The first kappa shape index (κ1) is 12.2. The van der Waals surface area contributed by atoms with Crippen LogP contribution in [0.25, 0.3) is 0 Å². The number of pyridine rings is 1. The molecule has 0 atom stereocenters. The largest absolute Gasteiger partial charge is 0.497 e. The van der Waals surface area contributed by atoms with E-state index in [2.05, 4.69) is 4.98 Å². The molecule has 0 saturated carbocycles. The maximum Gasteiger partial charge on any atom is 0.216 e. The standard InChI is InChI=1S/C14H15NO3/c1-16-12-5-3-11(4-6-12)10-18-13-7-8-15-14(9-13)17-2/h3-9H,10H2,1-2H3. The highest BCUT2D eigenvalue weighted by Gasteiger charge is 1.99. The van der Waals surface area contributed by atoms with Crippen LogP contribution in [0.5, 0.6) is 17.4 Å². The summed E-state index contributed by atoms with van der Waals surface area (Å²) in [5.74, 6) is 2.12. The van der Waals surface area contributed by atoms with Gasteiger partial charge >= 0.3 is 0 Å². The van der Waals surface area contributed by atoms with Crippen LogP contribution in [0.2, 0.25) is 0 Å². The molecular formula is C14H15NO3. The molecule has 4 heteroatoms. The smallest absolute Gasteiger partial charge is 0.216 e. The van der Waals surface area contributed by atoms with Crippen LogP contribution in [0.4, 0.5) is 0 Å². The summed E-state index contributed by atoms with van der Waals surface area (Å²) in [6.45, 7) is 0.497.